The maximum Gasteiger partial charge on any atom is 0.422 e. The topological polar surface area (TPSA) is 140 Å². The Morgan fingerprint density at radius 3 is 2.57 bits per heavy atom. The third kappa shape index (κ3) is 6.52. The zero-order valence-electron chi connectivity index (χ0n) is 17.9. The summed E-state index contributed by atoms with van der Waals surface area (Å²) >= 11 is 0. The van der Waals surface area contributed by atoms with Crippen molar-refractivity contribution in [2.45, 2.75) is 18.6 Å². The molecule has 0 radical (unpaired) electrons. The Morgan fingerprint density at radius 2 is 1.91 bits per heavy atom. The van der Waals surface area contributed by atoms with Crippen LogP contribution in [-0.4, -0.2) is 57.1 Å². The molecule has 2 aromatic heterocycles. The van der Waals surface area contributed by atoms with E-state index in [0.717, 1.165) is 12.4 Å². The summed E-state index contributed by atoms with van der Waals surface area (Å²) in [5.41, 5.74) is 0.903. The molecule has 1 atom stereocenters. The second-order valence-corrected chi connectivity index (χ2v) is 7.23. The third-order valence-electron chi connectivity index (χ3n) is 4.64. The Balaban J connectivity index is 1.51. The van der Waals surface area contributed by atoms with Gasteiger partial charge in [-0.1, -0.05) is 0 Å². The fraction of sp³-hybridized carbons (Fsp3) is 0.238. The molecule has 3 N–H and O–H groups in total. The number of benzene rings is 1. The molecule has 0 unspecified atom stereocenters. The van der Waals surface area contributed by atoms with Crippen LogP contribution in [0.1, 0.15) is 16.9 Å². The van der Waals surface area contributed by atoms with Gasteiger partial charge >= 0.3 is 6.18 Å². The highest BCUT2D eigenvalue weighted by Crippen LogP contribution is 2.31. The molecule has 14 heteroatoms. The van der Waals surface area contributed by atoms with Gasteiger partial charge in [0.2, 0.25) is 17.7 Å². The average molecular weight is 489 g/mol. The summed E-state index contributed by atoms with van der Waals surface area (Å²) in [5.74, 6) is -0.729. The molecule has 3 aromatic rings. The maximum absolute atomic E-state index is 12.6. The lowest BCUT2D eigenvalue weighted by Gasteiger charge is -2.17. The molecule has 0 aliphatic carbocycles. The molecule has 1 aliphatic heterocycles. The van der Waals surface area contributed by atoms with Crippen molar-refractivity contribution in [3.8, 4) is 17.5 Å². The van der Waals surface area contributed by atoms with E-state index in [9.17, 15) is 22.8 Å². The summed E-state index contributed by atoms with van der Waals surface area (Å²) in [5, 5.41) is 8.52. The lowest BCUT2D eigenvalue weighted by atomic mass is 10.2. The minimum absolute atomic E-state index is 0.00770. The Kier molecular flexibility index (Phi) is 6.89. The lowest BCUT2D eigenvalue weighted by Crippen LogP contribution is -2.30. The van der Waals surface area contributed by atoms with Gasteiger partial charge in [-0.25, -0.2) is 19.9 Å². The predicted molar refractivity (Wildman–Crippen MR) is 115 cm³/mol. The van der Waals surface area contributed by atoms with Crippen LogP contribution < -0.4 is 25.4 Å². The molecule has 1 fully saturated rings. The van der Waals surface area contributed by atoms with Crippen LogP contribution in [0.4, 0.5) is 24.5 Å². The first-order valence-electron chi connectivity index (χ1n) is 10.2. The fourth-order valence-corrected chi connectivity index (χ4v) is 3.05. The van der Waals surface area contributed by atoms with Gasteiger partial charge in [0.05, 0.1) is 23.8 Å². The number of anilines is 2. The summed E-state index contributed by atoms with van der Waals surface area (Å²) in [6.45, 7) is -0.985. The second kappa shape index (κ2) is 10.2. The number of hydrogen-bond acceptors (Lipinski definition) is 9. The van der Waals surface area contributed by atoms with Gasteiger partial charge in [0.25, 0.3) is 5.91 Å². The summed E-state index contributed by atoms with van der Waals surface area (Å²) in [7, 11) is 0. The molecule has 4 rings (SSSR count). The number of carbonyl (C=O) groups excluding carboxylic acids is 2. The quantitative estimate of drug-likeness (QED) is 0.435. The summed E-state index contributed by atoms with van der Waals surface area (Å²) in [4.78, 5) is 39.9. The zero-order chi connectivity index (χ0) is 24.8. The van der Waals surface area contributed by atoms with Crippen LogP contribution in [-0.2, 0) is 4.79 Å². The van der Waals surface area contributed by atoms with E-state index in [2.05, 4.69) is 40.6 Å². The first-order chi connectivity index (χ1) is 16.8. The number of halogens is 3. The fourth-order valence-electron chi connectivity index (χ4n) is 3.05. The molecule has 182 valence electrons. The Labute approximate surface area is 196 Å². The average Bonchev–Trinajstić information content (AvgIpc) is 3.24. The molecule has 35 heavy (non-hydrogen) atoms. The van der Waals surface area contributed by atoms with Gasteiger partial charge in [-0.2, -0.15) is 13.2 Å². The van der Waals surface area contributed by atoms with E-state index in [1.54, 1.807) is 6.07 Å². The van der Waals surface area contributed by atoms with Crippen LogP contribution in [0.2, 0.25) is 0 Å². The molecular formula is C21H18F3N7O4. The van der Waals surface area contributed by atoms with Crippen molar-refractivity contribution < 1.29 is 32.2 Å². The minimum atomic E-state index is -4.50. The Hall–Kier alpha value is -4.49. The van der Waals surface area contributed by atoms with Crippen LogP contribution in [0.5, 0.6) is 17.5 Å². The molecule has 3 heterocycles. The Bertz CT molecular complexity index is 1190. The van der Waals surface area contributed by atoms with Gasteiger partial charge in [0.1, 0.15) is 23.8 Å². The number of alkyl halides is 3. The molecule has 0 spiro atoms. The van der Waals surface area contributed by atoms with Crippen molar-refractivity contribution in [3.05, 3.63) is 54.9 Å². The summed E-state index contributed by atoms with van der Waals surface area (Å²) < 4.78 is 46.9. The lowest BCUT2D eigenvalue weighted by molar-refractivity contribution is -0.154. The molecule has 0 saturated carbocycles. The van der Waals surface area contributed by atoms with Crippen molar-refractivity contribution in [2.24, 2.45) is 0 Å². The van der Waals surface area contributed by atoms with Gasteiger partial charge in [-0.15, -0.1) is 0 Å². The molecule has 0 bridgehead atoms. The highest BCUT2D eigenvalue weighted by molar-refractivity contribution is 6.05. The highest BCUT2D eigenvalue weighted by Gasteiger charge is 2.29. The molecule has 1 aliphatic rings. The van der Waals surface area contributed by atoms with Crippen molar-refractivity contribution >= 4 is 23.2 Å². The third-order valence-corrected chi connectivity index (χ3v) is 4.64. The maximum atomic E-state index is 12.6. The van der Waals surface area contributed by atoms with Gasteiger partial charge in [0, 0.05) is 18.8 Å². The number of aromatic nitrogens is 4. The number of nitrogens with one attached hydrogen (secondary N) is 3. The van der Waals surface area contributed by atoms with Crippen molar-refractivity contribution in [1.82, 2.24) is 25.3 Å². The van der Waals surface area contributed by atoms with Crippen molar-refractivity contribution in [2.75, 3.05) is 23.8 Å². The largest absolute Gasteiger partial charge is 0.467 e. The van der Waals surface area contributed by atoms with Crippen LogP contribution in [0.15, 0.2) is 49.2 Å². The SMILES string of the molecule is O=C(Nc1ccc(Oc2cnc(OCC(F)(F)F)cn2)cc1N[C@H]1CCNC1=O)c1ccncn1. The number of amides is 2. The number of rotatable bonds is 8. The van der Waals surface area contributed by atoms with E-state index in [0.29, 0.717) is 24.3 Å². The van der Waals surface area contributed by atoms with Gasteiger partial charge in [0.15, 0.2) is 6.61 Å². The van der Waals surface area contributed by atoms with E-state index >= 15 is 0 Å². The van der Waals surface area contributed by atoms with Gasteiger partial charge in [-0.3, -0.25) is 9.59 Å². The molecule has 11 nitrogen and oxygen atoms in total. The standard InChI is InChI=1S/C21H18F3N7O4/c22-21(23,24)10-34-17-8-28-18(9-27-17)35-12-1-2-13(31-20(33)14-3-5-25-11-29-14)16(7-12)30-15-4-6-26-19(15)32/h1-3,5,7-9,11,15,30H,4,6,10H2,(H,26,32)(H,31,33)/t15-/m0/s1. The molecule has 1 saturated heterocycles. The van der Waals surface area contributed by atoms with E-state index in [1.165, 1.54) is 30.7 Å². The smallest absolute Gasteiger partial charge is 0.422 e. The van der Waals surface area contributed by atoms with Crippen LogP contribution >= 0.6 is 0 Å². The monoisotopic (exact) mass is 489 g/mol. The van der Waals surface area contributed by atoms with Crippen LogP contribution in [0.3, 0.4) is 0 Å². The van der Waals surface area contributed by atoms with E-state index in [4.69, 9.17) is 4.74 Å². The first kappa shape index (κ1) is 23.7. The predicted octanol–water partition coefficient (Wildman–Crippen LogP) is 2.55. The van der Waals surface area contributed by atoms with Crippen LogP contribution in [0, 0.1) is 0 Å². The Morgan fingerprint density at radius 1 is 1.11 bits per heavy atom. The first-order valence-corrected chi connectivity index (χ1v) is 10.2. The van der Waals surface area contributed by atoms with Crippen molar-refractivity contribution in [3.63, 3.8) is 0 Å². The normalized spacial score (nSPS) is 15.3. The minimum Gasteiger partial charge on any atom is -0.467 e. The molecular weight excluding hydrogens is 471 g/mol. The second-order valence-electron chi connectivity index (χ2n) is 7.23. The highest BCUT2D eigenvalue weighted by atomic mass is 19.4. The number of carbonyl (C=O) groups is 2. The van der Waals surface area contributed by atoms with E-state index < -0.39 is 24.7 Å². The number of ether oxygens (including phenoxy) is 2. The van der Waals surface area contributed by atoms with E-state index in [1.807, 2.05) is 0 Å². The molecule has 2 amide bonds. The van der Waals surface area contributed by atoms with Gasteiger partial charge in [-0.05, 0) is 24.6 Å². The molecule has 1 aromatic carbocycles. The van der Waals surface area contributed by atoms with Gasteiger partial charge < -0.3 is 25.4 Å². The number of nitrogens with zero attached hydrogens (tertiary/aromatic N) is 4. The van der Waals surface area contributed by atoms with Crippen molar-refractivity contribution in [1.29, 1.82) is 0 Å². The van der Waals surface area contributed by atoms with Crippen LogP contribution in [0.25, 0.3) is 0 Å². The zero-order valence-corrected chi connectivity index (χ0v) is 17.9. The number of hydrogen-bond donors (Lipinski definition) is 3. The van der Waals surface area contributed by atoms with E-state index in [-0.39, 0.29) is 29.1 Å². The summed E-state index contributed by atoms with van der Waals surface area (Å²) in [6, 6.07) is 5.55. The summed E-state index contributed by atoms with van der Waals surface area (Å²) in [6.07, 6.45) is 0.818.